The van der Waals surface area contributed by atoms with Crippen molar-refractivity contribution in [3.63, 3.8) is 0 Å². The molecule has 0 amide bonds. The fraction of sp³-hybridized carbons (Fsp3) is 0.0870. The third kappa shape index (κ3) is 3.05. The summed E-state index contributed by atoms with van der Waals surface area (Å²) in [4.78, 5) is 29.7. The van der Waals surface area contributed by atoms with E-state index < -0.39 is 5.97 Å². The van der Waals surface area contributed by atoms with Crippen LogP contribution in [0.15, 0.2) is 53.3 Å². The van der Waals surface area contributed by atoms with Crippen LogP contribution in [0.3, 0.4) is 0 Å². The minimum atomic E-state index is -1.02. The largest absolute Gasteiger partial charge is 0.478 e. The second-order valence-electron chi connectivity index (χ2n) is 7.27. The summed E-state index contributed by atoms with van der Waals surface area (Å²) in [6, 6.07) is 14.1. The Bertz CT molecular complexity index is 1630. The van der Waals surface area contributed by atoms with Gasteiger partial charge in [0.25, 0.3) is 5.56 Å². The molecule has 0 unspecified atom stereocenters. The Labute approximate surface area is 185 Å². The summed E-state index contributed by atoms with van der Waals surface area (Å²) in [6.07, 6.45) is 1.85. The van der Waals surface area contributed by atoms with Gasteiger partial charge in [-0.25, -0.2) is 14.2 Å². The van der Waals surface area contributed by atoms with Gasteiger partial charge in [-0.1, -0.05) is 35.1 Å². The number of imidazole rings is 1. The molecule has 0 saturated carbocycles. The molecule has 8 heteroatoms. The number of fused-ring (bicyclic) bond motifs is 3. The van der Waals surface area contributed by atoms with Crippen LogP contribution in [0.5, 0.6) is 0 Å². The zero-order valence-electron chi connectivity index (χ0n) is 16.6. The van der Waals surface area contributed by atoms with E-state index in [1.54, 1.807) is 16.5 Å². The average Bonchev–Trinajstić information content (AvgIpc) is 3.34. The third-order valence-electron chi connectivity index (χ3n) is 5.34. The first-order valence-corrected chi connectivity index (χ1v) is 10.7. The summed E-state index contributed by atoms with van der Waals surface area (Å²) in [7, 11) is 0. The lowest BCUT2D eigenvalue weighted by molar-refractivity contribution is 0.0697. The van der Waals surface area contributed by atoms with Crippen molar-refractivity contribution < 1.29 is 9.90 Å². The highest BCUT2D eigenvalue weighted by molar-refractivity contribution is 7.15. The van der Waals surface area contributed by atoms with Gasteiger partial charge < -0.3 is 9.67 Å². The molecule has 2 aromatic carbocycles. The Hall–Kier alpha value is -3.42. The Balaban J connectivity index is 1.70. The number of para-hydroxylation sites is 2. The van der Waals surface area contributed by atoms with E-state index in [0.717, 1.165) is 28.0 Å². The van der Waals surface area contributed by atoms with E-state index in [0.29, 0.717) is 20.2 Å². The number of carboxylic acid groups (broad SMARTS) is 1. The second-order valence-corrected chi connectivity index (χ2v) is 8.68. The summed E-state index contributed by atoms with van der Waals surface area (Å²) in [5.41, 5.74) is 4.83. The Morgan fingerprint density at radius 2 is 1.94 bits per heavy atom. The molecule has 0 radical (unpaired) electrons. The van der Waals surface area contributed by atoms with Crippen LogP contribution in [0, 0.1) is 13.8 Å². The smallest absolute Gasteiger partial charge is 0.335 e. The summed E-state index contributed by atoms with van der Waals surface area (Å²) in [5, 5.41) is 9.79. The number of carboxylic acids is 1. The van der Waals surface area contributed by atoms with Gasteiger partial charge in [0.15, 0.2) is 4.96 Å². The van der Waals surface area contributed by atoms with Gasteiger partial charge in [0, 0.05) is 11.4 Å². The number of carbonyl (C=O) groups is 1. The maximum atomic E-state index is 13.1. The third-order valence-corrected chi connectivity index (χ3v) is 6.62. The first kappa shape index (κ1) is 19.5. The normalized spacial score (nSPS) is 12.3. The number of benzene rings is 2. The van der Waals surface area contributed by atoms with Gasteiger partial charge in [0.05, 0.1) is 31.8 Å². The molecule has 5 rings (SSSR count). The molecule has 5 aromatic rings. The van der Waals surface area contributed by atoms with Crippen LogP contribution >= 0.6 is 22.9 Å². The van der Waals surface area contributed by atoms with E-state index in [1.807, 2.05) is 54.8 Å². The number of aromatic nitrogens is 3. The fourth-order valence-corrected chi connectivity index (χ4v) is 5.05. The molecule has 1 N–H and O–H groups in total. The maximum Gasteiger partial charge on any atom is 0.335 e. The van der Waals surface area contributed by atoms with Gasteiger partial charge in [-0.2, -0.15) is 0 Å². The molecule has 0 bridgehead atoms. The molecule has 3 heterocycles. The van der Waals surface area contributed by atoms with Crippen LogP contribution < -0.4 is 10.1 Å². The highest BCUT2D eigenvalue weighted by Gasteiger charge is 2.16. The summed E-state index contributed by atoms with van der Waals surface area (Å²) < 4.78 is 4.12. The molecule has 0 atom stereocenters. The molecule has 0 spiro atoms. The summed E-state index contributed by atoms with van der Waals surface area (Å²) in [6.45, 7) is 3.84. The molecular weight excluding hydrogens is 434 g/mol. The molecule has 154 valence electrons. The molecule has 0 aliphatic heterocycles. The number of rotatable bonds is 3. The van der Waals surface area contributed by atoms with Crippen LogP contribution in [0.4, 0.5) is 0 Å². The standard InChI is InChI=1S/C23H16ClN3O3S/c1-12-9-15(13(2)26(12)19-10-14(22(29)30)7-8-16(19)24)11-20-21(28)27-18-6-4-3-5-17(18)25-23(27)31-20/h3-11H,1-2H3,(H,29,30)/b20-11-. The van der Waals surface area contributed by atoms with E-state index in [2.05, 4.69) is 4.98 Å². The zero-order valence-corrected chi connectivity index (χ0v) is 18.2. The molecule has 3 aromatic heterocycles. The van der Waals surface area contributed by atoms with Gasteiger partial charge in [-0.05, 0) is 61.9 Å². The summed E-state index contributed by atoms with van der Waals surface area (Å²) in [5.74, 6) is -1.02. The molecule has 0 saturated heterocycles. The van der Waals surface area contributed by atoms with Crippen LogP contribution in [0.1, 0.15) is 27.3 Å². The van der Waals surface area contributed by atoms with Crippen molar-refractivity contribution >= 4 is 51.0 Å². The number of hydrogen-bond acceptors (Lipinski definition) is 4. The van der Waals surface area contributed by atoms with Crippen molar-refractivity contribution in [3.8, 4) is 5.69 Å². The topological polar surface area (TPSA) is 76.6 Å². The van der Waals surface area contributed by atoms with Gasteiger partial charge in [-0.3, -0.25) is 4.79 Å². The SMILES string of the molecule is Cc1cc(/C=c2\sc3nc4ccccc4n3c2=O)c(C)n1-c1cc(C(=O)O)ccc1Cl. The molecule has 6 nitrogen and oxygen atoms in total. The molecule has 0 aliphatic rings. The number of halogens is 1. The van der Waals surface area contributed by atoms with Crippen LogP contribution in [-0.2, 0) is 0 Å². The Morgan fingerprint density at radius 1 is 1.16 bits per heavy atom. The van der Waals surface area contributed by atoms with Crippen molar-refractivity contribution in [2.24, 2.45) is 0 Å². The second kappa shape index (κ2) is 7.08. The minimum Gasteiger partial charge on any atom is -0.478 e. The van der Waals surface area contributed by atoms with E-state index >= 15 is 0 Å². The van der Waals surface area contributed by atoms with Crippen LogP contribution in [-0.4, -0.2) is 25.0 Å². The van der Waals surface area contributed by atoms with Gasteiger partial charge >= 0.3 is 5.97 Å². The molecule has 0 fully saturated rings. The predicted octanol–water partition coefficient (Wildman–Crippen LogP) is 4.22. The van der Waals surface area contributed by atoms with Crippen LogP contribution in [0.25, 0.3) is 27.8 Å². The maximum absolute atomic E-state index is 13.1. The summed E-state index contributed by atoms with van der Waals surface area (Å²) >= 11 is 7.73. The first-order valence-electron chi connectivity index (χ1n) is 9.49. The van der Waals surface area contributed by atoms with Gasteiger partial charge in [0.2, 0.25) is 0 Å². The quantitative estimate of drug-likeness (QED) is 0.447. The number of aryl methyl sites for hydroxylation is 1. The van der Waals surface area contributed by atoms with E-state index in [4.69, 9.17) is 11.6 Å². The van der Waals surface area contributed by atoms with Crippen LogP contribution in [0.2, 0.25) is 5.02 Å². The number of hydrogen-bond donors (Lipinski definition) is 1. The monoisotopic (exact) mass is 449 g/mol. The molecule has 31 heavy (non-hydrogen) atoms. The lowest BCUT2D eigenvalue weighted by Crippen LogP contribution is -2.22. The van der Waals surface area contributed by atoms with Crippen molar-refractivity contribution in [1.82, 2.24) is 14.0 Å². The minimum absolute atomic E-state index is 0.107. The molecule has 0 aliphatic carbocycles. The number of nitrogens with zero attached hydrogens (tertiary/aromatic N) is 3. The Kier molecular flexibility index (Phi) is 4.46. The van der Waals surface area contributed by atoms with E-state index in [9.17, 15) is 14.7 Å². The van der Waals surface area contributed by atoms with Crippen molar-refractivity contribution in [1.29, 1.82) is 0 Å². The number of aromatic carboxylic acids is 1. The Morgan fingerprint density at radius 3 is 2.71 bits per heavy atom. The number of thiazole rings is 1. The average molecular weight is 450 g/mol. The van der Waals surface area contributed by atoms with Crippen molar-refractivity contribution in [2.75, 3.05) is 0 Å². The van der Waals surface area contributed by atoms with E-state index in [-0.39, 0.29) is 11.1 Å². The lowest BCUT2D eigenvalue weighted by Gasteiger charge is -2.12. The van der Waals surface area contributed by atoms with Gasteiger partial charge in [-0.15, -0.1) is 0 Å². The first-order chi connectivity index (χ1) is 14.8. The predicted molar refractivity (Wildman–Crippen MR) is 123 cm³/mol. The highest BCUT2D eigenvalue weighted by atomic mass is 35.5. The van der Waals surface area contributed by atoms with E-state index in [1.165, 1.54) is 17.4 Å². The fourth-order valence-electron chi connectivity index (χ4n) is 3.87. The lowest BCUT2D eigenvalue weighted by atomic mass is 10.2. The molecular formula is C23H16ClN3O3S. The highest BCUT2D eigenvalue weighted by Crippen LogP contribution is 2.28. The van der Waals surface area contributed by atoms with Crippen molar-refractivity contribution in [3.05, 3.63) is 91.0 Å². The van der Waals surface area contributed by atoms with Gasteiger partial charge in [0.1, 0.15) is 0 Å². The zero-order chi connectivity index (χ0) is 21.9. The van der Waals surface area contributed by atoms with Crippen molar-refractivity contribution in [2.45, 2.75) is 13.8 Å².